The van der Waals surface area contributed by atoms with Gasteiger partial charge in [-0.05, 0) is 40.5 Å². The lowest BCUT2D eigenvalue weighted by Gasteiger charge is -2.12. The molecule has 3 aromatic carbocycles. The zero-order valence-electron chi connectivity index (χ0n) is 18.6. The average Bonchev–Trinajstić information content (AvgIpc) is 2.87. The second kappa shape index (κ2) is 11.2. The van der Waals surface area contributed by atoms with Gasteiger partial charge in [0.15, 0.2) is 5.78 Å². The van der Waals surface area contributed by atoms with E-state index in [0.717, 1.165) is 22.3 Å². The van der Waals surface area contributed by atoms with Crippen LogP contribution in [0.15, 0.2) is 73.3 Å². The number of amidine groups is 1. The molecule has 1 unspecified atom stereocenters. The number of nitrogens with two attached hydrogens (primary N) is 1. The lowest BCUT2D eigenvalue weighted by Crippen LogP contribution is -2.33. The molecule has 0 heterocycles. The zero-order valence-corrected chi connectivity index (χ0v) is 18.6. The van der Waals surface area contributed by atoms with Gasteiger partial charge in [0, 0.05) is 29.7 Å². The summed E-state index contributed by atoms with van der Waals surface area (Å²) in [5.74, 6) is -0.471. The summed E-state index contributed by atoms with van der Waals surface area (Å²) in [6.45, 7) is 3.31. The number of amides is 1. The van der Waals surface area contributed by atoms with E-state index in [0.29, 0.717) is 16.7 Å². The molecule has 0 aliphatic heterocycles. The molecule has 0 aliphatic rings. The normalized spacial score (nSPS) is 11.5. The van der Waals surface area contributed by atoms with E-state index in [1.54, 1.807) is 60.7 Å². The average molecular weight is 458 g/mol. The third-order valence-corrected chi connectivity index (χ3v) is 5.38. The Morgan fingerprint density at radius 1 is 1.03 bits per heavy atom. The first-order valence-corrected chi connectivity index (χ1v) is 10.7. The molecule has 174 valence electrons. The number of carbonyl (C=O) groups excluding carboxylic acids is 2. The molecule has 3 rings (SSSR count). The summed E-state index contributed by atoms with van der Waals surface area (Å²) in [4.78, 5) is 25.5. The van der Waals surface area contributed by atoms with Crippen molar-refractivity contribution in [2.75, 3.05) is 13.2 Å². The number of nitrogen functional groups attached to an aromatic ring is 1. The Kier molecular flexibility index (Phi) is 8.08. The maximum absolute atomic E-state index is 13.2. The van der Waals surface area contributed by atoms with Crippen molar-refractivity contribution in [2.45, 2.75) is 12.5 Å². The largest absolute Gasteiger partial charge is 0.394 e. The maximum atomic E-state index is 13.2. The van der Waals surface area contributed by atoms with Crippen LogP contribution in [-0.2, 0) is 6.42 Å². The van der Waals surface area contributed by atoms with E-state index in [2.05, 4.69) is 11.9 Å². The van der Waals surface area contributed by atoms with E-state index in [1.165, 1.54) is 0 Å². The van der Waals surface area contributed by atoms with Crippen molar-refractivity contribution in [3.63, 3.8) is 0 Å². The van der Waals surface area contributed by atoms with Crippen molar-refractivity contribution in [1.82, 2.24) is 5.32 Å². The Morgan fingerprint density at radius 2 is 1.68 bits per heavy atom. The van der Waals surface area contributed by atoms with Gasteiger partial charge in [-0.15, -0.1) is 0 Å². The molecule has 34 heavy (non-hydrogen) atoms. The predicted octanol–water partition coefficient (Wildman–Crippen LogP) is 2.79. The van der Waals surface area contributed by atoms with Gasteiger partial charge < -0.3 is 21.3 Å². The summed E-state index contributed by atoms with van der Waals surface area (Å²) in [7, 11) is 0. The monoisotopic (exact) mass is 457 g/mol. The van der Waals surface area contributed by atoms with Gasteiger partial charge in [-0.1, -0.05) is 61.2 Å². The van der Waals surface area contributed by atoms with Crippen molar-refractivity contribution in [3.05, 3.63) is 101 Å². The molecular weight excluding hydrogens is 430 g/mol. The number of Topliss-reactive ketones (excluding diaryl/α,β-unsaturated/α-hetero) is 1. The van der Waals surface area contributed by atoms with Crippen LogP contribution >= 0.6 is 0 Å². The van der Waals surface area contributed by atoms with Crippen LogP contribution in [0.5, 0.6) is 0 Å². The molecule has 0 aliphatic carbocycles. The fraction of sp³-hybridized carbons (Fsp3) is 0.148. The minimum Gasteiger partial charge on any atom is -0.394 e. The second-order valence-corrected chi connectivity index (χ2v) is 7.84. The molecule has 0 bridgehead atoms. The molecule has 1 amide bonds. The van der Waals surface area contributed by atoms with Gasteiger partial charge in [-0.3, -0.25) is 15.0 Å². The van der Waals surface area contributed by atoms with Crippen LogP contribution in [0.4, 0.5) is 0 Å². The van der Waals surface area contributed by atoms with E-state index >= 15 is 0 Å². The highest BCUT2D eigenvalue weighted by Gasteiger charge is 2.15. The Labute approximate surface area is 198 Å². The molecule has 0 saturated carbocycles. The van der Waals surface area contributed by atoms with Gasteiger partial charge in [0.1, 0.15) is 5.84 Å². The van der Waals surface area contributed by atoms with Crippen LogP contribution in [0.2, 0.25) is 0 Å². The fourth-order valence-corrected chi connectivity index (χ4v) is 3.43. The molecule has 1 atom stereocenters. The number of rotatable bonds is 10. The number of nitrogens with one attached hydrogen (secondary N) is 2. The lowest BCUT2D eigenvalue weighted by atomic mass is 9.92. The van der Waals surface area contributed by atoms with Crippen molar-refractivity contribution in [1.29, 1.82) is 5.41 Å². The van der Waals surface area contributed by atoms with E-state index in [9.17, 15) is 14.7 Å². The Morgan fingerprint density at radius 3 is 2.26 bits per heavy atom. The number of hydrogen-bond acceptors (Lipinski definition) is 5. The Balaban J connectivity index is 1.85. The second-order valence-electron chi connectivity index (χ2n) is 7.84. The lowest BCUT2D eigenvalue weighted by molar-refractivity contribution is 0.0802. The van der Waals surface area contributed by atoms with Crippen molar-refractivity contribution in [3.8, 4) is 11.1 Å². The smallest absolute Gasteiger partial charge is 0.251 e. The summed E-state index contributed by atoms with van der Waals surface area (Å²) in [6.07, 6.45) is 0.842. The first-order chi connectivity index (χ1) is 16.3. The number of carbonyl (C=O) groups is 2. The summed E-state index contributed by atoms with van der Waals surface area (Å²) in [5, 5.41) is 28.3. The third kappa shape index (κ3) is 6.04. The summed E-state index contributed by atoms with van der Waals surface area (Å²) in [5.41, 5.74) is 10.2. The predicted molar refractivity (Wildman–Crippen MR) is 133 cm³/mol. The molecule has 7 heteroatoms. The van der Waals surface area contributed by atoms with Crippen LogP contribution in [0, 0.1) is 5.41 Å². The summed E-state index contributed by atoms with van der Waals surface area (Å²) in [6, 6.07) is 19.3. The minimum absolute atomic E-state index is 0.0273. The van der Waals surface area contributed by atoms with Crippen LogP contribution in [0.25, 0.3) is 17.2 Å². The van der Waals surface area contributed by atoms with Gasteiger partial charge in [-0.2, -0.15) is 0 Å². The van der Waals surface area contributed by atoms with E-state index < -0.39 is 12.7 Å². The minimum atomic E-state index is -1.01. The number of hydrogen-bond donors (Lipinski definition) is 5. The van der Waals surface area contributed by atoms with Crippen molar-refractivity contribution < 1.29 is 19.8 Å². The first kappa shape index (κ1) is 24.6. The molecule has 6 N–H and O–H groups in total. The SMILES string of the molecule is C=Cc1ccc(-c2ccc(C(=O)NCC(O)CO)cc2)c(C(=O)Cc2ccc(C(=N)N)cc2)c1. The molecule has 0 radical (unpaired) electrons. The standard InChI is InChI=1S/C27H27N3O4/c1-2-17-5-12-23(19-8-10-21(11-9-19)27(34)30-15-22(32)16-31)24(13-17)25(33)14-18-3-6-20(7-4-18)26(28)29/h2-13,22,31-32H,1,14-16H2,(H3,28,29)(H,30,34). The molecular formula is C27H27N3O4. The van der Waals surface area contributed by atoms with Gasteiger partial charge in [-0.25, -0.2) is 0 Å². The quantitative estimate of drug-likeness (QED) is 0.181. The number of benzene rings is 3. The van der Waals surface area contributed by atoms with Crippen LogP contribution in [0.3, 0.4) is 0 Å². The van der Waals surface area contributed by atoms with Crippen molar-refractivity contribution >= 4 is 23.6 Å². The van der Waals surface area contributed by atoms with Crippen LogP contribution < -0.4 is 11.1 Å². The molecule has 3 aromatic rings. The van der Waals surface area contributed by atoms with E-state index in [4.69, 9.17) is 16.2 Å². The highest BCUT2D eigenvalue weighted by molar-refractivity contribution is 6.04. The molecule has 0 fully saturated rings. The van der Waals surface area contributed by atoms with Gasteiger partial charge >= 0.3 is 0 Å². The van der Waals surface area contributed by atoms with E-state index in [-0.39, 0.29) is 30.5 Å². The third-order valence-electron chi connectivity index (χ3n) is 5.38. The number of aliphatic hydroxyl groups excluding tert-OH is 2. The highest BCUT2D eigenvalue weighted by atomic mass is 16.3. The number of aliphatic hydroxyl groups is 2. The summed E-state index contributed by atoms with van der Waals surface area (Å²) >= 11 is 0. The van der Waals surface area contributed by atoms with Gasteiger partial charge in [0.05, 0.1) is 12.7 Å². The van der Waals surface area contributed by atoms with E-state index in [1.807, 2.05) is 12.1 Å². The van der Waals surface area contributed by atoms with Crippen LogP contribution in [0.1, 0.15) is 37.4 Å². The Hall–Kier alpha value is -4.07. The first-order valence-electron chi connectivity index (χ1n) is 10.7. The molecule has 7 nitrogen and oxygen atoms in total. The summed E-state index contributed by atoms with van der Waals surface area (Å²) < 4.78 is 0. The zero-order chi connectivity index (χ0) is 24.7. The topological polar surface area (TPSA) is 136 Å². The number of ketones is 1. The van der Waals surface area contributed by atoms with Gasteiger partial charge in [0.25, 0.3) is 5.91 Å². The molecule has 0 spiro atoms. The van der Waals surface area contributed by atoms with Crippen molar-refractivity contribution in [2.24, 2.45) is 5.73 Å². The van der Waals surface area contributed by atoms with Gasteiger partial charge in [0.2, 0.25) is 0 Å². The fourth-order valence-electron chi connectivity index (χ4n) is 3.43. The maximum Gasteiger partial charge on any atom is 0.251 e. The van der Waals surface area contributed by atoms with Crippen LogP contribution in [-0.4, -0.2) is 47.0 Å². The Bertz CT molecular complexity index is 1200. The molecule has 0 saturated heterocycles. The highest BCUT2D eigenvalue weighted by Crippen LogP contribution is 2.27. The molecule has 0 aromatic heterocycles.